The van der Waals surface area contributed by atoms with Gasteiger partial charge in [0.25, 0.3) is 5.91 Å². The summed E-state index contributed by atoms with van der Waals surface area (Å²) >= 11 is 0. The summed E-state index contributed by atoms with van der Waals surface area (Å²) in [4.78, 5) is 31.6. The van der Waals surface area contributed by atoms with E-state index >= 15 is 0 Å². The van der Waals surface area contributed by atoms with Crippen molar-refractivity contribution >= 4 is 27.5 Å². The van der Waals surface area contributed by atoms with Gasteiger partial charge in [-0.25, -0.2) is 18.2 Å². The SMILES string of the molecule is O=C(OCC(=O)N1CCN(c2ccccn2)CC1)c1ccc(S(=O)(=O)C(F)F)cc1. The van der Waals surface area contributed by atoms with Crippen molar-refractivity contribution in [3.63, 3.8) is 0 Å². The van der Waals surface area contributed by atoms with Gasteiger partial charge in [0.15, 0.2) is 6.61 Å². The second-order valence-electron chi connectivity index (χ2n) is 6.46. The predicted molar refractivity (Wildman–Crippen MR) is 103 cm³/mol. The Morgan fingerprint density at radius 1 is 1.03 bits per heavy atom. The zero-order valence-electron chi connectivity index (χ0n) is 15.8. The van der Waals surface area contributed by atoms with Gasteiger partial charge in [-0.3, -0.25) is 4.79 Å². The Morgan fingerprint density at radius 3 is 2.27 bits per heavy atom. The molecule has 0 radical (unpaired) electrons. The Hall–Kier alpha value is -3.08. The van der Waals surface area contributed by atoms with Gasteiger partial charge in [-0.1, -0.05) is 6.07 Å². The quantitative estimate of drug-likeness (QED) is 0.631. The number of hydrogen-bond acceptors (Lipinski definition) is 7. The van der Waals surface area contributed by atoms with Gasteiger partial charge in [-0.05, 0) is 36.4 Å². The fraction of sp³-hybridized carbons (Fsp3) is 0.316. The van der Waals surface area contributed by atoms with Crippen LogP contribution in [0.3, 0.4) is 0 Å². The first-order valence-corrected chi connectivity index (χ1v) is 10.6. The number of carbonyl (C=O) groups is 2. The van der Waals surface area contributed by atoms with Crippen molar-refractivity contribution in [3.8, 4) is 0 Å². The molecular formula is C19H19F2N3O5S. The van der Waals surface area contributed by atoms with Crippen LogP contribution in [-0.4, -0.2) is 68.7 Å². The van der Waals surface area contributed by atoms with Crippen LogP contribution in [0.4, 0.5) is 14.6 Å². The number of esters is 1. The van der Waals surface area contributed by atoms with Gasteiger partial charge in [-0.15, -0.1) is 0 Å². The molecule has 1 amide bonds. The number of alkyl halides is 2. The molecular weight excluding hydrogens is 420 g/mol. The van der Waals surface area contributed by atoms with E-state index in [1.165, 1.54) is 0 Å². The first kappa shape index (κ1) is 21.6. The van der Waals surface area contributed by atoms with Gasteiger partial charge in [0.05, 0.1) is 10.5 Å². The molecule has 3 rings (SSSR count). The van der Waals surface area contributed by atoms with Crippen LogP contribution < -0.4 is 4.90 Å². The number of aromatic nitrogens is 1. The number of ether oxygens (including phenoxy) is 1. The third-order valence-corrected chi connectivity index (χ3v) is 5.98. The Balaban J connectivity index is 1.50. The van der Waals surface area contributed by atoms with Crippen molar-refractivity contribution in [2.75, 3.05) is 37.7 Å². The minimum Gasteiger partial charge on any atom is -0.452 e. The van der Waals surface area contributed by atoms with Crippen LogP contribution in [0.25, 0.3) is 0 Å². The second kappa shape index (κ2) is 9.16. The lowest BCUT2D eigenvalue weighted by molar-refractivity contribution is -0.134. The van der Waals surface area contributed by atoms with Crippen LogP contribution in [0, 0.1) is 0 Å². The van der Waals surface area contributed by atoms with Crippen LogP contribution in [0.1, 0.15) is 10.4 Å². The number of benzene rings is 1. The van der Waals surface area contributed by atoms with E-state index in [2.05, 4.69) is 4.98 Å². The number of piperazine rings is 1. The molecule has 0 saturated carbocycles. The molecule has 1 aliphatic rings. The maximum Gasteiger partial charge on any atom is 0.341 e. The zero-order valence-corrected chi connectivity index (χ0v) is 16.6. The van der Waals surface area contributed by atoms with Crippen molar-refractivity contribution in [2.24, 2.45) is 0 Å². The van der Waals surface area contributed by atoms with Crippen molar-refractivity contribution in [1.82, 2.24) is 9.88 Å². The molecule has 8 nitrogen and oxygen atoms in total. The average molecular weight is 439 g/mol. The zero-order chi connectivity index (χ0) is 21.7. The molecule has 1 fully saturated rings. The highest BCUT2D eigenvalue weighted by atomic mass is 32.2. The lowest BCUT2D eigenvalue weighted by Crippen LogP contribution is -2.50. The highest BCUT2D eigenvalue weighted by Gasteiger charge is 2.27. The number of carbonyl (C=O) groups excluding carboxylic acids is 2. The number of sulfone groups is 1. The molecule has 0 atom stereocenters. The van der Waals surface area contributed by atoms with Gasteiger partial charge >= 0.3 is 11.7 Å². The average Bonchev–Trinajstić information content (AvgIpc) is 2.78. The number of halogens is 2. The Morgan fingerprint density at radius 2 is 1.70 bits per heavy atom. The van der Waals surface area contributed by atoms with E-state index in [4.69, 9.17) is 4.74 Å². The van der Waals surface area contributed by atoms with Crippen molar-refractivity contribution in [3.05, 3.63) is 54.2 Å². The molecule has 1 aromatic heterocycles. The van der Waals surface area contributed by atoms with Gasteiger partial charge in [0.2, 0.25) is 9.84 Å². The first-order chi connectivity index (χ1) is 14.3. The smallest absolute Gasteiger partial charge is 0.341 e. The third-order valence-electron chi connectivity index (χ3n) is 4.59. The first-order valence-electron chi connectivity index (χ1n) is 9.02. The van der Waals surface area contributed by atoms with E-state index in [0.717, 1.165) is 30.1 Å². The van der Waals surface area contributed by atoms with Crippen molar-refractivity contribution in [2.45, 2.75) is 10.7 Å². The highest BCUT2D eigenvalue weighted by Crippen LogP contribution is 2.19. The van der Waals surface area contributed by atoms with Gasteiger partial charge < -0.3 is 14.5 Å². The summed E-state index contributed by atoms with van der Waals surface area (Å²) in [6, 6.07) is 9.52. The predicted octanol–water partition coefficient (Wildman–Crippen LogP) is 1.58. The molecule has 11 heteroatoms. The summed E-state index contributed by atoms with van der Waals surface area (Å²) in [5, 5.41) is 0. The van der Waals surface area contributed by atoms with Crippen LogP contribution in [0.2, 0.25) is 0 Å². The largest absolute Gasteiger partial charge is 0.452 e. The van der Waals surface area contributed by atoms with E-state index in [9.17, 15) is 26.8 Å². The van der Waals surface area contributed by atoms with E-state index in [1.807, 2.05) is 23.1 Å². The Labute approximate surface area is 172 Å². The number of hydrogen-bond donors (Lipinski definition) is 0. The molecule has 160 valence electrons. The number of pyridine rings is 1. The maximum absolute atomic E-state index is 12.5. The van der Waals surface area contributed by atoms with Gasteiger partial charge in [-0.2, -0.15) is 8.78 Å². The molecule has 0 spiro atoms. The van der Waals surface area contributed by atoms with Crippen LogP contribution in [0.15, 0.2) is 53.6 Å². The number of amides is 1. The lowest BCUT2D eigenvalue weighted by atomic mass is 10.2. The third kappa shape index (κ3) is 4.90. The molecule has 0 bridgehead atoms. The minimum atomic E-state index is -4.74. The molecule has 0 aliphatic carbocycles. The number of anilines is 1. The molecule has 1 aromatic carbocycles. The fourth-order valence-electron chi connectivity index (χ4n) is 2.91. The topological polar surface area (TPSA) is 96.9 Å². The lowest BCUT2D eigenvalue weighted by Gasteiger charge is -2.35. The molecule has 2 aromatic rings. The summed E-state index contributed by atoms with van der Waals surface area (Å²) in [5.74, 6) is -3.93. The standard InChI is InChI=1S/C19H19F2N3O5S/c20-19(21)30(27,28)15-6-4-14(5-7-15)18(26)29-13-17(25)24-11-9-23(10-12-24)16-3-1-2-8-22-16/h1-8,19H,9-13H2. The molecule has 0 unspecified atom stereocenters. The second-order valence-corrected chi connectivity index (χ2v) is 8.38. The molecule has 1 aliphatic heterocycles. The highest BCUT2D eigenvalue weighted by molar-refractivity contribution is 7.91. The van der Waals surface area contributed by atoms with Crippen molar-refractivity contribution < 1.29 is 31.5 Å². The number of nitrogens with zero attached hydrogens (tertiary/aromatic N) is 3. The minimum absolute atomic E-state index is 0.0454. The summed E-state index contributed by atoms with van der Waals surface area (Å²) in [6.07, 6.45) is 1.70. The van der Waals surface area contributed by atoms with Crippen molar-refractivity contribution in [1.29, 1.82) is 0 Å². The van der Waals surface area contributed by atoms with Crippen LogP contribution >= 0.6 is 0 Å². The van der Waals surface area contributed by atoms with Crippen LogP contribution in [0.5, 0.6) is 0 Å². The summed E-state index contributed by atoms with van der Waals surface area (Å²) in [7, 11) is -4.74. The van der Waals surface area contributed by atoms with Crippen LogP contribution in [-0.2, 0) is 19.4 Å². The molecule has 30 heavy (non-hydrogen) atoms. The van der Waals surface area contributed by atoms with E-state index < -0.39 is 33.1 Å². The Kier molecular flexibility index (Phi) is 6.60. The van der Waals surface area contributed by atoms with Gasteiger partial charge in [0, 0.05) is 32.4 Å². The Bertz CT molecular complexity index is 993. The fourth-order valence-corrected chi connectivity index (χ4v) is 3.63. The normalized spacial score (nSPS) is 14.6. The summed E-state index contributed by atoms with van der Waals surface area (Å²) in [6.45, 7) is 1.62. The monoisotopic (exact) mass is 439 g/mol. The summed E-state index contributed by atoms with van der Waals surface area (Å²) < 4.78 is 52.8. The van der Waals surface area contributed by atoms with E-state index in [1.54, 1.807) is 11.1 Å². The molecule has 2 heterocycles. The van der Waals surface area contributed by atoms with Gasteiger partial charge in [0.1, 0.15) is 5.82 Å². The molecule has 0 N–H and O–H groups in total. The van der Waals surface area contributed by atoms with E-state index in [-0.39, 0.29) is 11.5 Å². The number of rotatable bonds is 6. The maximum atomic E-state index is 12.5. The van der Waals surface area contributed by atoms with E-state index in [0.29, 0.717) is 26.2 Å². The summed E-state index contributed by atoms with van der Waals surface area (Å²) in [5.41, 5.74) is -0.0454. The molecule has 1 saturated heterocycles.